The van der Waals surface area contributed by atoms with E-state index < -0.39 is 12.2 Å². The van der Waals surface area contributed by atoms with Crippen LogP contribution in [0.3, 0.4) is 0 Å². The molecule has 21 heavy (non-hydrogen) atoms. The number of ether oxygens (including phenoxy) is 2. The third-order valence-electron chi connectivity index (χ3n) is 2.62. The largest absolute Gasteiger partial charge is 0.452 e. The second kappa shape index (κ2) is 6.60. The summed E-state index contributed by atoms with van der Waals surface area (Å²) >= 11 is 0. The van der Waals surface area contributed by atoms with Crippen LogP contribution in [0, 0.1) is 0 Å². The van der Waals surface area contributed by atoms with Crippen molar-refractivity contribution in [2.45, 2.75) is 13.3 Å². The van der Waals surface area contributed by atoms with Gasteiger partial charge in [-0.2, -0.15) is 9.66 Å². The smallest absolute Gasteiger partial charge is 0.426 e. The zero-order valence-corrected chi connectivity index (χ0v) is 11.8. The Morgan fingerprint density at radius 3 is 2.76 bits per heavy atom. The number of benzene rings is 1. The number of nitrogens with one attached hydrogen (secondary N) is 2. The molecule has 2 rings (SSSR count). The monoisotopic (exact) mass is 292 g/mol. The van der Waals surface area contributed by atoms with Crippen LogP contribution in [0.4, 0.5) is 9.59 Å². The zero-order chi connectivity index (χ0) is 15.2. The van der Waals surface area contributed by atoms with Crippen molar-refractivity contribution in [1.29, 1.82) is 0 Å². The topological polar surface area (TPSA) is 94.5 Å². The van der Waals surface area contributed by atoms with Gasteiger partial charge >= 0.3 is 18.2 Å². The van der Waals surface area contributed by atoms with Gasteiger partial charge in [0.05, 0.1) is 18.1 Å². The Morgan fingerprint density at radius 2 is 2.05 bits per heavy atom. The first-order chi connectivity index (χ1) is 10.2. The van der Waals surface area contributed by atoms with E-state index in [0.717, 1.165) is 6.42 Å². The standard InChI is InChI=1S/C13H16N4O4/c1-3-8-14-12(18)21-11-15-9-6-4-5-7-10(9)17(11)16-13(19)20-2/h4-7H,3,8H2,1-2H3,(H,14,18)(H,16,19). The fourth-order valence-electron chi connectivity index (χ4n) is 1.66. The molecule has 8 nitrogen and oxygen atoms in total. The average molecular weight is 292 g/mol. The molecule has 0 fully saturated rings. The number of amides is 2. The molecule has 2 N–H and O–H groups in total. The van der Waals surface area contributed by atoms with E-state index in [4.69, 9.17) is 4.74 Å². The van der Waals surface area contributed by atoms with Crippen molar-refractivity contribution >= 4 is 23.2 Å². The van der Waals surface area contributed by atoms with Crippen molar-refractivity contribution in [3.63, 3.8) is 0 Å². The molecule has 1 aromatic heterocycles. The lowest BCUT2D eigenvalue weighted by Gasteiger charge is -2.09. The molecule has 0 atom stereocenters. The van der Waals surface area contributed by atoms with Gasteiger partial charge in [0.2, 0.25) is 0 Å². The number of hydrogen-bond donors (Lipinski definition) is 2. The molecule has 2 aromatic rings. The zero-order valence-electron chi connectivity index (χ0n) is 11.8. The first kappa shape index (κ1) is 14.6. The summed E-state index contributed by atoms with van der Waals surface area (Å²) < 4.78 is 10.9. The minimum absolute atomic E-state index is 0.0461. The Bertz CT molecular complexity index is 653. The highest BCUT2D eigenvalue weighted by molar-refractivity contribution is 5.83. The van der Waals surface area contributed by atoms with E-state index in [2.05, 4.69) is 20.5 Å². The van der Waals surface area contributed by atoms with Gasteiger partial charge in [0.1, 0.15) is 0 Å². The lowest BCUT2D eigenvalue weighted by Crippen LogP contribution is -2.30. The van der Waals surface area contributed by atoms with E-state index in [1.54, 1.807) is 24.3 Å². The van der Waals surface area contributed by atoms with E-state index in [1.807, 2.05) is 6.92 Å². The molecule has 0 bridgehead atoms. The van der Waals surface area contributed by atoms with E-state index in [1.165, 1.54) is 11.8 Å². The molecule has 0 aliphatic heterocycles. The summed E-state index contributed by atoms with van der Waals surface area (Å²) in [6.45, 7) is 2.41. The van der Waals surface area contributed by atoms with Crippen LogP contribution < -0.4 is 15.5 Å². The molecular weight excluding hydrogens is 276 g/mol. The molecular formula is C13H16N4O4. The maximum Gasteiger partial charge on any atom is 0.426 e. The number of carbonyl (C=O) groups excluding carboxylic acids is 2. The maximum absolute atomic E-state index is 11.6. The molecule has 0 saturated heterocycles. The van der Waals surface area contributed by atoms with Crippen LogP contribution in [0.25, 0.3) is 11.0 Å². The second-order valence-electron chi connectivity index (χ2n) is 4.14. The minimum Gasteiger partial charge on any atom is -0.452 e. The Balaban J connectivity index is 2.30. The third kappa shape index (κ3) is 3.41. The lowest BCUT2D eigenvalue weighted by molar-refractivity contribution is 0.180. The molecule has 112 valence electrons. The van der Waals surface area contributed by atoms with Gasteiger partial charge in [-0.1, -0.05) is 19.1 Å². The van der Waals surface area contributed by atoms with Gasteiger partial charge in [0.15, 0.2) is 0 Å². The third-order valence-corrected chi connectivity index (χ3v) is 2.62. The fraction of sp³-hybridized carbons (Fsp3) is 0.308. The predicted octanol–water partition coefficient (Wildman–Crippen LogP) is 1.84. The van der Waals surface area contributed by atoms with Crippen LogP contribution in [-0.2, 0) is 4.74 Å². The fourth-order valence-corrected chi connectivity index (χ4v) is 1.66. The number of nitrogens with zero attached hydrogens (tertiary/aromatic N) is 2. The van der Waals surface area contributed by atoms with Crippen LogP contribution in [0.1, 0.15) is 13.3 Å². The Morgan fingerprint density at radius 1 is 1.29 bits per heavy atom. The van der Waals surface area contributed by atoms with Crippen molar-refractivity contribution in [2.24, 2.45) is 0 Å². The first-order valence-corrected chi connectivity index (χ1v) is 6.43. The van der Waals surface area contributed by atoms with Gasteiger partial charge in [0, 0.05) is 6.54 Å². The second-order valence-corrected chi connectivity index (χ2v) is 4.14. The van der Waals surface area contributed by atoms with Gasteiger partial charge in [-0.15, -0.1) is 0 Å². The molecule has 0 aliphatic carbocycles. The van der Waals surface area contributed by atoms with Crippen LogP contribution in [0.5, 0.6) is 6.01 Å². The maximum atomic E-state index is 11.6. The summed E-state index contributed by atoms with van der Waals surface area (Å²) in [6.07, 6.45) is -0.552. The van der Waals surface area contributed by atoms with Crippen molar-refractivity contribution in [2.75, 3.05) is 19.1 Å². The molecule has 1 aromatic carbocycles. The summed E-state index contributed by atoms with van der Waals surface area (Å²) in [5.41, 5.74) is 3.59. The minimum atomic E-state index is -0.697. The molecule has 0 unspecified atom stereocenters. The molecule has 0 spiro atoms. The number of imidazole rings is 1. The summed E-state index contributed by atoms with van der Waals surface area (Å²) in [5, 5.41) is 2.56. The van der Waals surface area contributed by atoms with E-state index in [-0.39, 0.29) is 6.01 Å². The van der Waals surface area contributed by atoms with Gasteiger partial charge in [-0.05, 0) is 18.6 Å². The van der Waals surface area contributed by atoms with Gasteiger partial charge in [-0.25, -0.2) is 15.0 Å². The quantitative estimate of drug-likeness (QED) is 0.896. The van der Waals surface area contributed by atoms with Crippen LogP contribution in [-0.4, -0.2) is 35.5 Å². The summed E-state index contributed by atoms with van der Waals surface area (Å²) in [5.74, 6) is 0. The number of rotatable bonds is 4. The van der Waals surface area contributed by atoms with Crippen LogP contribution in [0.15, 0.2) is 24.3 Å². The van der Waals surface area contributed by atoms with Crippen LogP contribution in [0.2, 0.25) is 0 Å². The number of carbonyl (C=O) groups is 2. The average Bonchev–Trinajstić information content (AvgIpc) is 2.82. The summed E-state index contributed by atoms with van der Waals surface area (Å²) in [4.78, 5) is 27.2. The van der Waals surface area contributed by atoms with E-state index >= 15 is 0 Å². The number of hydrogen-bond acceptors (Lipinski definition) is 5. The molecule has 8 heteroatoms. The van der Waals surface area contributed by atoms with Crippen molar-refractivity contribution < 1.29 is 19.1 Å². The van der Waals surface area contributed by atoms with Crippen molar-refractivity contribution in [3.8, 4) is 6.01 Å². The lowest BCUT2D eigenvalue weighted by atomic mass is 10.3. The van der Waals surface area contributed by atoms with E-state index in [0.29, 0.717) is 17.6 Å². The summed E-state index contributed by atoms with van der Waals surface area (Å²) in [7, 11) is 1.24. The SMILES string of the molecule is CCCNC(=O)Oc1nc2ccccc2n1NC(=O)OC. The highest BCUT2D eigenvalue weighted by atomic mass is 16.6. The summed E-state index contributed by atoms with van der Waals surface area (Å²) in [6, 6.07) is 6.99. The van der Waals surface area contributed by atoms with Crippen LogP contribution >= 0.6 is 0 Å². The molecule has 1 heterocycles. The highest BCUT2D eigenvalue weighted by Gasteiger charge is 2.16. The molecule has 0 radical (unpaired) electrons. The Labute approximate surface area is 121 Å². The number of methoxy groups -OCH3 is 1. The van der Waals surface area contributed by atoms with Gasteiger partial charge < -0.3 is 14.8 Å². The normalized spacial score (nSPS) is 10.2. The molecule has 0 saturated carbocycles. The Kier molecular flexibility index (Phi) is 4.60. The first-order valence-electron chi connectivity index (χ1n) is 6.43. The number of aromatic nitrogens is 2. The van der Waals surface area contributed by atoms with Gasteiger partial charge in [-0.3, -0.25) is 0 Å². The predicted molar refractivity (Wildman–Crippen MR) is 75.8 cm³/mol. The molecule has 0 aliphatic rings. The van der Waals surface area contributed by atoms with Crippen molar-refractivity contribution in [1.82, 2.24) is 15.0 Å². The van der Waals surface area contributed by atoms with Gasteiger partial charge in [0.25, 0.3) is 0 Å². The van der Waals surface area contributed by atoms with E-state index in [9.17, 15) is 9.59 Å². The Hall–Kier alpha value is -2.77. The van der Waals surface area contributed by atoms with Crippen molar-refractivity contribution in [3.05, 3.63) is 24.3 Å². The number of fused-ring (bicyclic) bond motifs is 1. The highest BCUT2D eigenvalue weighted by Crippen LogP contribution is 2.19. The molecule has 2 amide bonds. The number of para-hydroxylation sites is 2.